The van der Waals surface area contributed by atoms with Crippen molar-refractivity contribution in [3.63, 3.8) is 0 Å². The lowest BCUT2D eigenvalue weighted by Gasteiger charge is -2.23. The van der Waals surface area contributed by atoms with E-state index in [1.54, 1.807) is 30.3 Å². The summed E-state index contributed by atoms with van der Waals surface area (Å²) in [4.78, 5) is 0. The van der Waals surface area contributed by atoms with E-state index in [-0.39, 0.29) is 24.7 Å². The first-order valence-corrected chi connectivity index (χ1v) is 10.3. The molecule has 0 fully saturated rings. The van der Waals surface area contributed by atoms with E-state index >= 15 is 0 Å². The number of hydrogen-bond donors (Lipinski definition) is 2. The van der Waals surface area contributed by atoms with E-state index in [0.717, 1.165) is 4.31 Å². The van der Waals surface area contributed by atoms with Crippen molar-refractivity contribution in [2.45, 2.75) is 32.4 Å². The number of anilines is 3. The van der Waals surface area contributed by atoms with Gasteiger partial charge in [-0.25, -0.2) is 8.70 Å². The summed E-state index contributed by atoms with van der Waals surface area (Å²) < 4.78 is 42.9. The Kier molecular flexibility index (Phi) is 5.69. The molecule has 2 aromatic rings. The summed E-state index contributed by atoms with van der Waals surface area (Å²) in [7, 11) is -3.99. The maximum atomic E-state index is 14.3. The van der Waals surface area contributed by atoms with E-state index in [0.29, 0.717) is 17.9 Å². The molecule has 0 radical (unpaired) electrons. The van der Waals surface area contributed by atoms with Gasteiger partial charge in [-0.1, -0.05) is 38.1 Å². The average molecular weight is 393 g/mol. The maximum absolute atomic E-state index is 14.3. The quantitative estimate of drug-likeness (QED) is 0.759. The number of fused-ring (bicyclic) bond motifs is 1. The van der Waals surface area contributed by atoms with E-state index in [2.05, 4.69) is 5.32 Å². The van der Waals surface area contributed by atoms with Gasteiger partial charge in [0, 0.05) is 19.1 Å². The SMILES string of the molecule is CC(C)NC[C@@H](O)CCN1c2ccccc2N(c2ccccc2F)S1(=O)=O. The summed E-state index contributed by atoms with van der Waals surface area (Å²) in [6.07, 6.45) is -0.421. The molecule has 0 aliphatic carbocycles. The number of rotatable bonds is 7. The summed E-state index contributed by atoms with van der Waals surface area (Å²) in [6, 6.07) is 12.8. The van der Waals surface area contributed by atoms with Crippen LogP contribution >= 0.6 is 0 Å². The molecule has 1 heterocycles. The number of halogens is 1. The van der Waals surface area contributed by atoms with Gasteiger partial charge in [-0.3, -0.25) is 4.31 Å². The Bertz CT molecular complexity index is 905. The highest BCUT2D eigenvalue weighted by molar-refractivity contribution is 7.95. The van der Waals surface area contributed by atoms with E-state index in [9.17, 15) is 17.9 Å². The molecule has 8 heteroatoms. The average Bonchev–Trinajstić information content (AvgIpc) is 2.85. The fraction of sp³-hybridized carbons (Fsp3) is 0.368. The zero-order valence-electron chi connectivity index (χ0n) is 15.3. The number of nitrogens with one attached hydrogen (secondary N) is 1. The number of aliphatic hydroxyl groups excluding tert-OH is 1. The highest BCUT2D eigenvalue weighted by Crippen LogP contribution is 2.45. The normalized spacial score (nSPS) is 16.6. The molecule has 3 rings (SSSR count). The van der Waals surface area contributed by atoms with Gasteiger partial charge in [0.25, 0.3) is 0 Å². The van der Waals surface area contributed by atoms with Gasteiger partial charge in [-0.05, 0) is 30.7 Å². The number of aliphatic hydroxyl groups is 1. The maximum Gasteiger partial charge on any atom is 0.331 e. The Morgan fingerprint density at radius 2 is 1.63 bits per heavy atom. The van der Waals surface area contributed by atoms with Gasteiger partial charge < -0.3 is 10.4 Å². The minimum atomic E-state index is -3.99. The van der Waals surface area contributed by atoms with Gasteiger partial charge in [0.15, 0.2) is 0 Å². The van der Waals surface area contributed by atoms with Gasteiger partial charge in [0.2, 0.25) is 0 Å². The lowest BCUT2D eigenvalue weighted by molar-refractivity contribution is 0.162. The number of nitrogens with zero attached hydrogens (tertiary/aromatic N) is 2. The van der Waals surface area contributed by atoms with Gasteiger partial charge >= 0.3 is 10.2 Å². The lowest BCUT2D eigenvalue weighted by Crippen LogP contribution is -2.39. The van der Waals surface area contributed by atoms with Crippen LogP contribution in [0.2, 0.25) is 0 Å². The fourth-order valence-electron chi connectivity index (χ4n) is 3.04. The second-order valence-corrected chi connectivity index (χ2v) is 8.49. The first-order chi connectivity index (χ1) is 12.8. The van der Waals surface area contributed by atoms with E-state index in [1.165, 1.54) is 22.5 Å². The van der Waals surface area contributed by atoms with Crippen LogP contribution in [0.5, 0.6) is 0 Å². The summed E-state index contributed by atoms with van der Waals surface area (Å²) >= 11 is 0. The zero-order valence-corrected chi connectivity index (χ0v) is 16.2. The second kappa shape index (κ2) is 7.84. The Morgan fingerprint density at radius 3 is 2.26 bits per heavy atom. The van der Waals surface area contributed by atoms with Crippen LogP contribution in [0.1, 0.15) is 20.3 Å². The molecular weight excluding hydrogens is 369 g/mol. The van der Waals surface area contributed by atoms with Crippen molar-refractivity contribution in [2.24, 2.45) is 0 Å². The van der Waals surface area contributed by atoms with Crippen LogP contribution in [0.3, 0.4) is 0 Å². The van der Waals surface area contributed by atoms with Crippen molar-refractivity contribution in [3.05, 3.63) is 54.3 Å². The number of para-hydroxylation sites is 3. The first kappa shape index (κ1) is 19.6. The van der Waals surface area contributed by atoms with Crippen molar-refractivity contribution >= 4 is 27.3 Å². The lowest BCUT2D eigenvalue weighted by atomic mass is 10.2. The monoisotopic (exact) mass is 393 g/mol. The van der Waals surface area contributed by atoms with Gasteiger partial charge in [-0.2, -0.15) is 8.42 Å². The summed E-state index contributed by atoms with van der Waals surface area (Å²) in [5.74, 6) is -0.612. The molecule has 0 amide bonds. The highest BCUT2D eigenvalue weighted by Gasteiger charge is 2.42. The molecule has 0 unspecified atom stereocenters. The summed E-state index contributed by atoms with van der Waals surface area (Å²) in [5, 5.41) is 13.3. The van der Waals surface area contributed by atoms with Crippen molar-refractivity contribution < 1.29 is 17.9 Å². The van der Waals surface area contributed by atoms with Crippen LogP contribution in [-0.4, -0.2) is 38.8 Å². The summed E-state index contributed by atoms with van der Waals surface area (Å²) in [5.41, 5.74) is 0.858. The predicted molar refractivity (Wildman–Crippen MR) is 105 cm³/mol. The van der Waals surface area contributed by atoms with E-state index in [4.69, 9.17) is 0 Å². The smallest absolute Gasteiger partial charge is 0.331 e. The van der Waals surface area contributed by atoms with Gasteiger partial charge in [0.05, 0.1) is 23.2 Å². The Morgan fingerprint density at radius 1 is 1.04 bits per heavy atom. The molecular formula is C19H24FN3O3S. The molecule has 2 N–H and O–H groups in total. The molecule has 0 aromatic heterocycles. The predicted octanol–water partition coefficient (Wildman–Crippen LogP) is 2.78. The van der Waals surface area contributed by atoms with Crippen molar-refractivity contribution in [2.75, 3.05) is 21.7 Å². The third kappa shape index (κ3) is 3.92. The van der Waals surface area contributed by atoms with Gasteiger partial charge in [-0.15, -0.1) is 0 Å². The standard InChI is InChI=1S/C19H24FN3O3S/c1-14(2)21-13-15(24)11-12-22-18-9-5-6-10-19(18)23(27(22,25)26)17-8-4-3-7-16(17)20/h3-10,14-15,21,24H,11-13H2,1-2H3/t15-/m0/s1. The Hall–Kier alpha value is -2.16. The van der Waals surface area contributed by atoms with Crippen molar-refractivity contribution in [1.29, 1.82) is 0 Å². The number of hydrogen-bond acceptors (Lipinski definition) is 4. The molecule has 1 aliphatic rings. The molecule has 27 heavy (non-hydrogen) atoms. The molecule has 0 bridgehead atoms. The molecule has 146 valence electrons. The van der Waals surface area contributed by atoms with Crippen LogP contribution in [0, 0.1) is 5.82 Å². The van der Waals surface area contributed by atoms with Gasteiger partial charge in [0.1, 0.15) is 5.82 Å². The minimum Gasteiger partial charge on any atom is -0.392 e. The van der Waals surface area contributed by atoms with Crippen LogP contribution < -0.4 is 13.9 Å². The van der Waals surface area contributed by atoms with Crippen LogP contribution in [0.15, 0.2) is 48.5 Å². The third-order valence-electron chi connectivity index (χ3n) is 4.38. The van der Waals surface area contributed by atoms with Crippen LogP contribution in [0.4, 0.5) is 21.5 Å². The molecule has 6 nitrogen and oxygen atoms in total. The molecule has 0 saturated carbocycles. The Balaban J connectivity index is 1.89. The highest BCUT2D eigenvalue weighted by atomic mass is 32.2. The second-order valence-electron chi connectivity index (χ2n) is 6.79. The van der Waals surface area contributed by atoms with E-state index < -0.39 is 22.1 Å². The molecule has 2 aromatic carbocycles. The fourth-order valence-corrected chi connectivity index (χ4v) is 4.78. The topological polar surface area (TPSA) is 72.9 Å². The minimum absolute atomic E-state index is 0.0190. The van der Waals surface area contributed by atoms with E-state index in [1.807, 2.05) is 13.8 Å². The molecule has 1 aliphatic heterocycles. The molecule has 0 saturated heterocycles. The third-order valence-corrected chi connectivity index (χ3v) is 6.17. The van der Waals surface area contributed by atoms with Crippen LogP contribution in [0.25, 0.3) is 0 Å². The number of benzene rings is 2. The largest absolute Gasteiger partial charge is 0.392 e. The van der Waals surface area contributed by atoms with Crippen molar-refractivity contribution in [1.82, 2.24) is 5.32 Å². The Labute approximate surface area is 159 Å². The molecule has 1 atom stereocenters. The summed E-state index contributed by atoms with van der Waals surface area (Å²) in [6.45, 7) is 4.43. The van der Waals surface area contributed by atoms with Crippen LogP contribution in [-0.2, 0) is 10.2 Å². The molecule has 0 spiro atoms. The van der Waals surface area contributed by atoms with Crippen molar-refractivity contribution in [3.8, 4) is 0 Å². The first-order valence-electron chi connectivity index (χ1n) is 8.90. The zero-order chi connectivity index (χ0) is 19.6.